The first-order valence-corrected chi connectivity index (χ1v) is 6.28. The van der Waals surface area contributed by atoms with Crippen LogP contribution in [-0.2, 0) is 6.42 Å². The molecule has 1 heterocycles. The number of fused-ring (bicyclic) bond motifs is 1. The maximum Gasteiger partial charge on any atom is 0.101 e. The van der Waals surface area contributed by atoms with Crippen LogP contribution < -0.4 is 5.32 Å². The molecule has 1 aliphatic rings. The van der Waals surface area contributed by atoms with Crippen LogP contribution in [0.15, 0.2) is 29.3 Å². The minimum atomic E-state index is 0.959. The van der Waals surface area contributed by atoms with Gasteiger partial charge in [0.1, 0.15) is 5.84 Å². The van der Waals surface area contributed by atoms with Crippen LogP contribution in [0.5, 0.6) is 0 Å². The minimum Gasteiger partial charge on any atom is -0.344 e. The highest BCUT2D eigenvalue weighted by atomic mass is 15.0. The summed E-state index contributed by atoms with van der Waals surface area (Å²) in [7, 11) is 0. The van der Waals surface area contributed by atoms with E-state index < -0.39 is 0 Å². The Morgan fingerprint density at radius 3 is 3.00 bits per heavy atom. The van der Waals surface area contributed by atoms with Gasteiger partial charge in [-0.15, -0.1) is 0 Å². The lowest BCUT2D eigenvalue weighted by molar-refractivity contribution is 0.800. The van der Waals surface area contributed by atoms with Crippen LogP contribution in [0.3, 0.4) is 0 Å². The first-order chi connectivity index (χ1) is 7.90. The van der Waals surface area contributed by atoms with Crippen molar-refractivity contribution in [3.05, 3.63) is 29.8 Å². The Hall–Kier alpha value is -1.31. The molecule has 0 fully saturated rings. The Morgan fingerprint density at radius 2 is 2.12 bits per heavy atom. The Morgan fingerprint density at radius 1 is 1.25 bits per heavy atom. The zero-order chi connectivity index (χ0) is 11.2. The largest absolute Gasteiger partial charge is 0.344 e. The number of rotatable bonds is 3. The number of nitrogens with one attached hydrogen (secondary N) is 1. The van der Waals surface area contributed by atoms with Gasteiger partial charge in [-0.2, -0.15) is 0 Å². The SMILES string of the molecule is CCCCN=C1CCCc2ccccc2N1. The van der Waals surface area contributed by atoms with Crippen molar-refractivity contribution in [1.82, 2.24) is 0 Å². The first-order valence-electron chi connectivity index (χ1n) is 6.28. The third-order valence-electron chi connectivity index (χ3n) is 2.97. The predicted octanol–water partition coefficient (Wildman–Crippen LogP) is 3.63. The predicted molar refractivity (Wildman–Crippen MR) is 70.2 cm³/mol. The van der Waals surface area contributed by atoms with Gasteiger partial charge in [0.25, 0.3) is 0 Å². The number of amidine groups is 1. The fraction of sp³-hybridized carbons (Fsp3) is 0.500. The summed E-state index contributed by atoms with van der Waals surface area (Å²) in [6.45, 7) is 3.16. The van der Waals surface area contributed by atoms with Gasteiger partial charge in [0.15, 0.2) is 0 Å². The number of hydrogen-bond donors (Lipinski definition) is 1. The normalized spacial score (nSPS) is 17.7. The zero-order valence-electron chi connectivity index (χ0n) is 10.00. The number of nitrogens with zero attached hydrogens (tertiary/aromatic N) is 1. The third-order valence-corrected chi connectivity index (χ3v) is 2.97. The fourth-order valence-corrected chi connectivity index (χ4v) is 2.02. The summed E-state index contributed by atoms with van der Waals surface area (Å²) in [5.74, 6) is 1.17. The van der Waals surface area contributed by atoms with Crippen molar-refractivity contribution < 1.29 is 0 Å². The summed E-state index contributed by atoms with van der Waals surface area (Å²) in [6, 6.07) is 8.55. The van der Waals surface area contributed by atoms with E-state index in [-0.39, 0.29) is 0 Å². The summed E-state index contributed by atoms with van der Waals surface area (Å²) < 4.78 is 0. The van der Waals surface area contributed by atoms with Crippen molar-refractivity contribution in [2.45, 2.75) is 39.0 Å². The number of aliphatic imine (C=N–C) groups is 1. The molecule has 0 saturated carbocycles. The quantitative estimate of drug-likeness (QED) is 0.766. The van der Waals surface area contributed by atoms with Gasteiger partial charge in [0, 0.05) is 18.7 Å². The monoisotopic (exact) mass is 216 g/mol. The summed E-state index contributed by atoms with van der Waals surface area (Å²) >= 11 is 0. The Labute approximate surface area is 97.8 Å². The number of para-hydroxylation sites is 1. The second-order valence-electron chi connectivity index (χ2n) is 4.32. The molecule has 0 radical (unpaired) electrons. The number of hydrogen-bond acceptors (Lipinski definition) is 1. The van der Waals surface area contributed by atoms with Gasteiger partial charge in [-0.25, -0.2) is 0 Å². The molecular formula is C14H20N2. The molecule has 0 aromatic heterocycles. The summed E-state index contributed by atoms with van der Waals surface area (Å²) in [5.41, 5.74) is 2.67. The third kappa shape index (κ3) is 2.84. The first kappa shape index (κ1) is 11.2. The van der Waals surface area contributed by atoms with Crippen molar-refractivity contribution in [3.63, 3.8) is 0 Å². The van der Waals surface area contributed by atoms with Gasteiger partial charge >= 0.3 is 0 Å². The lowest BCUT2D eigenvalue weighted by Crippen LogP contribution is -2.11. The Balaban J connectivity index is 2.07. The van der Waals surface area contributed by atoms with Crippen LogP contribution in [0, 0.1) is 0 Å². The molecule has 0 spiro atoms. The summed E-state index contributed by atoms with van der Waals surface area (Å²) in [6.07, 6.45) is 5.85. The van der Waals surface area contributed by atoms with Crippen molar-refractivity contribution in [1.29, 1.82) is 0 Å². The average molecular weight is 216 g/mol. The molecule has 2 nitrogen and oxygen atoms in total. The van der Waals surface area contributed by atoms with Crippen LogP contribution in [-0.4, -0.2) is 12.4 Å². The molecule has 0 unspecified atom stereocenters. The molecule has 2 heteroatoms. The lowest BCUT2D eigenvalue weighted by Gasteiger charge is -2.08. The van der Waals surface area contributed by atoms with E-state index in [9.17, 15) is 0 Å². The van der Waals surface area contributed by atoms with E-state index in [0.717, 1.165) is 19.4 Å². The number of unbranched alkanes of at least 4 members (excludes halogenated alkanes) is 1. The maximum absolute atomic E-state index is 4.64. The van der Waals surface area contributed by atoms with Gasteiger partial charge < -0.3 is 5.32 Å². The smallest absolute Gasteiger partial charge is 0.101 e. The summed E-state index contributed by atoms with van der Waals surface area (Å²) in [4.78, 5) is 4.64. The van der Waals surface area contributed by atoms with E-state index in [0.29, 0.717) is 0 Å². The molecule has 2 rings (SSSR count). The van der Waals surface area contributed by atoms with Crippen LogP contribution in [0.1, 0.15) is 38.2 Å². The highest BCUT2D eigenvalue weighted by molar-refractivity contribution is 5.96. The average Bonchev–Trinajstić information content (AvgIpc) is 2.51. The van der Waals surface area contributed by atoms with E-state index in [1.54, 1.807) is 0 Å². The summed E-state index contributed by atoms with van der Waals surface area (Å²) in [5, 5.41) is 3.47. The fourth-order valence-electron chi connectivity index (χ4n) is 2.02. The van der Waals surface area contributed by atoms with Crippen LogP contribution in [0.4, 0.5) is 5.69 Å². The molecule has 1 aliphatic heterocycles. The van der Waals surface area contributed by atoms with Crippen molar-refractivity contribution in [3.8, 4) is 0 Å². The second kappa shape index (κ2) is 5.69. The van der Waals surface area contributed by atoms with E-state index in [1.165, 1.54) is 36.3 Å². The molecular weight excluding hydrogens is 196 g/mol. The van der Waals surface area contributed by atoms with E-state index >= 15 is 0 Å². The van der Waals surface area contributed by atoms with E-state index in [4.69, 9.17) is 0 Å². The van der Waals surface area contributed by atoms with Gasteiger partial charge in [-0.3, -0.25) is 4.99 Å². The topological polar surface area (TPSA) is 24.4 Å². The van der Waals surface area contributed by atoms with Gasteiger partial charge in [-0.05, 0) is 30.9 Å². The Kier molecular flexibility index (Phi) is 3.97. The lowest BCUT2D eigenvalue weighted by atomic mass is 10.1. The molecule has 16 heavy (non-hydrogen) atoms. The van der Waals surface area contributed by atoms with Crippen molar-refractivity contribution in [2.24, 2.45) is 4.99 Å². The highest BCUT2D eigenvalue weighted by Gasteiger charge is 2.09. The number of aryl methyl sites for hydroxylation is 1. The standard InChI is InChI=1S/C14H20N2/c1-2-3-11-15-14-10-6-8-12-7-4-5-9-13(12)16-14/h4-5,7,9H,2-3,6,8,10-11H2,1H3,(H,15,16). The molecule has 0 saturated heterocycles. The molecule has 0 atom stereocenters. The van der Waals surface area contributed by atoms with Crippen LogP contribution >= 0.6 is 0 Å². The van der Waals surface area contributed by atoms with E-state index in [1.807, 2.05) is 0 Å². The van der Waals surface area contributed by atoms with Gasteiger partial charge in [-0.1, -0.05) is 31.5 Å². The molecule has 1 aromatic carbocycles. The van der Waals surface area contributed by atoms with Gasteiger partial charge in [0.05, 0.1) is 0 Å². The second-order valence-corrected chi connectivity index (χ2v) is 4.32. The number of benzene rings is 1. The van der Waals surface area contributed by atoms with E-state index in [2.05, 4.69) is 41.5 Å². The van der Waals surface area contributed by atoms with Crippen molar-refractivity contribution >= 4 is 11.5 Å². The molecule has 1 N–H and O–H groups in total. The highest BCUT2D eigenvalue weighted by Crippen LogP contribution is 2.21. The van der Waals surface area contributed by atoms with Gasteiger partial charge in [0.2, 0.25) is 0 Å². The van der Waals surface area contributed by atoms with Crippen LogP contribution in [0.25, 0.3) is 0 Å². The zero-order valence-corrected chi connectivity index (χ0v) is 10.00. The Bertz CT molecular complexity index is 369. The molecule has 0 amide bonds. The molecule has 0 bridgehead atoms. The van der Waals surface area contributed by atoms with Crippen molar-refractivity contribution in [2.75, 3.05) is 11.9 Å². The minimum absolute atomic E-state index is 0.959. The molecule has 86 valence electrons. The maximum atomic E-state index is 4.64. The molecule has 0 aliphatic carbocycles. The number of anilines is 1. The molecule has 1 aromatic rings. The van der Waals surface area contributed by atoms with Crippen LogP contribution in [0.2, 0.25) is 0 Å².